The minimum atomic E-state index is -5.27. The second-order valence-corrected chi connectivity index (χ2v) is 10.7. The van der Waals surface area contributed by atoms with Gasteiger partial charge in [-0.05, 0) is 24.6 Å². The number of carbonyl (C=O) groups excluding carboxylic acids is 1. The molecule has 0 radical (unpaired) electrons. The van der Waals surface area contributed by atoms with Crippen LogP contribution in [0.2, 0.25) is 0 Å². The van der Waals surface area contributed by atoms with E-state index in [1.54, 1.807) is 0 Å². The van der Waals surface area contributed by atoms with Crippen LogP contribution in [0.4, 0.5) is 26.3 Å². The Labute approximate surface area is 185 Å². The number of carbonyl (C=O) groups is 2. The molecule has 0 saturated carbocycles. The monoisotopic (exact) mass is 505 g/mol. The van der Waals surface area contributed by atoms with Gasteiger partial charge in [0.15, 0.2) is 16.4 Å². The number of hydrogen-bond acceptors (Lipinski definition) is 5. The molecule has 14 heteroatoms. The van der Waals surface area contributed by atoms with Crippen LogP contribution < -0.4 is 4.74 Å². The summed E-state index contributed by atoms with van der Waals surface area (Å²) in [5.74, 6) is -3.06. The molecular formula is C19H21F6NO6S. The van der Waals surface area contributed by atoms with Crippen molar-refractivity contribution in [3.63, 3.8) is 0 Å². The molecule has 0 bridgehead atoms. The quantitative estimate of drug-likeness (QED) is 0.615. The van der Waals surface area contributed by atoms with Gasteiger partial charge in [0.2, 0.25) is 5.91 Å². The summed E-state index contributed by atoms with van der Waals surface area (Å²) < 4.78 is 108. The highest BCUT2D eigenvalue weighted by Crippen LogP contribution is 2.40. The molecule has 0 aromatic heterocycles. The van der Waals surface area contributed by atoms with Crippen molar-refractivity contribution in [2.24, 2.45) is 5.41 Å². The first-order valence-corrected chi connectivity index (χ1v) is 11.0. The first kappa shape index (κ1) is 26.7. The number of likely N-dealkylation sites (tertiary alicyclic amines) is 1. The Hall–Kier alpha value is -2.51. The molecule has 2 rings (SSSR count). The number of rotatable bonds is 5. The van der Waals surface area contributed by atoms with E-state index >= 15 is 0 Å². The van der Waals surface area contributed by atoms with Crippen LogP contribution in [0.1, 0.15) is 32.8 Å². The molecule has 0 spiro atoms. The van der Waals surface area contributed by atoms with Crippen molar-refractivity contribution in [1.82, 2.24) is 4.90 Å². The molecule has 0 aliphatic carbocycles. The maximum atomic E-state index is 13.6. The lowest BCUT2D eigenvalue weighted by molar-refractivity contribution is -0.153. The lowest BCUT2D eigenvalue weighted by atomic mass is 9.94. The average Bonchev–Trinajstić information content (AvgIpc) is 3.09. The molecule has 7 nitrogen and oxygen atoms in total. The highest BCUT2D eigenvalue weighted by Gasteiger charge is 2.49. The van der Waals surface area contributed by atoms with Crippen molar-refractivity contribution in [1.29, 1.82) is 0 Å². The zero-order valence-corrected chi connectivity index (χ0v) is 18.4. The summed E-state index contributed by atoms with van der Waals surface area (Å²) in [5, 5.41) is 7.75. The third-order valence-corrected chi connectivity index (χ3v) is 7.04. The smallest absolute Gasteiger partial charge is 0.422 e. The largest absolute Gasteiger partial charge is 0.484 e. The Morgan fingerprint density at radius 3 is 2.15 bits per heavy atom. The van der Waals surface area contributed by atoms with Gasteiger partial charge in [-0.3, -0.25) is 4.79 Å². The van der Waals surface area contributed by atoms with E-state index in [4.69, 9.17) is 0 Å². The van der Waals surface area contributed by atoms with Gasteiger partial charge in [0.25, 0.3) is 0 Å². The third-order valence-electron chi connectivity index (χ3n) is 4.85. The second kappa shape index (κ2) is 8.69. The summed E-state index contributed by atoms with van der Waals surface area (Å²) >= 11 is 0. The van der Waals surface area contributed by atoms with Crippen LogP contribution >= 0.6 is 0 Å². The number of sulfone groups is 1. The fourth-order valence-corrected chi connectivity index (χ4v) is 5.22. The van der Waals surface area contributed by atoms with Gasteiger partial charge in [-0.1, -0.05) is 20.8 Å². The van der Waals surface area contributed by atoms with Crippen LogP contribution in [0.15, 0.2) is 23.1 Å². The first-order valence-electron chi connectivity index (χ1n) is 9.43. The number of amides is 1. The molecule has 1 aromatic carbocycles. The van der Waals surface area contributed by atoms with E-state index in [9.17, 15) is 49.5 Å². The summed E-state index contributed by atoms with van der Waals surface area (Å²) in [7, 11) is -4.85. The Kier molecular flexibility index (Phi) is 7.04. The molecule has 1 aromatic rings. The minimum absolute atomic E-state index is 0.139. The van der Waals surface area contributed by atoms with Crippen molar-refractivity contribution >= 4 is 21.7 Å². The number of alkyl halides is 6. The highest BCUT2D eigenvalue weighted by atomic mass is 32.2. The Balaban J connectivity index is 2.48. The summed E-state index contributed by atoms with van der Waals surface area (Å²) in [6.45, 7) is 1.87. The number of benzene rings is 1. The molecule has 1 aliphatic heterocycles. The number of aliphatic carboxylic acids is 1. The van der Waals surface area contributed by atoms with Crippen LogP contribution in [0.25, 0.3) is 0 Å². The summed E-state index contributed by atoms with van der Waals surface area (Å²) in [4.78, 5) is 23.8. The van der Waals surface area contributed by atoms with E-state index in [0.717, 1.165) is 4.90 Å². The van der Waals surface area contributed by atoms with Crippen LogP contribution in [0.5, 0.6) is 5.75 Å². The van der Waals surface area contributed by atoms with Crippen LogP contribution in [0, 0.1) is 5.41 Å². The number of halogens is 6. The predicted molar refractivity (Wildman–Crippen MR) is 101 cm³/mol. The normalized spacial score (nSPS) is 20.1. The summed E-state index contributed by atoms with van der Waals surface area (Å²) in [6, 6.07) is -0.315. The number of hydrogen-bond donors (Lipinski definition) is 1. The molecular weight excluding hydrogens is 484 g/mol. The fraction of sp³-hybridized carbons (Fsp3) is 0.579. The minimum Gasteiger partial charge on any atom is -0.484 e. The third kappa shape index (κ3) is 6.09. The lowest BCUT2D eigenvalue weighted by Crippen LogP contribution is -2.46. The molecule has 2 atom stereocenters. The van der Waals surface area contributed by atoms with Crippen molar-refractivity contribution in [2.45, 2.75) is 55.7 Å². The maximum Gasteiger partial charge on any atom is 0.422 e. The first-order chi connectivity index (χ1) is 14.7. The van der Waals surface area contributed by atoms with Gasteiger partial charge < -0.3 is 14.7 Å². The average molecular weight is 505 g/mol. The van der Waals surface area contributed by atoms with Gasteiger partial charge in [-0.15, -0.1) is 0 Å². The molecule has 1 aliphatic rings. The van der Waals surface area contributed by atoms with E-state index in [1.807, 2.05) is 0 Å². The molecule has 33 heavy (non-hydrogen) atoms. The SMILES string of the molecule is CC(C)(C)C(=O)N1C[C@H](S(=O)(=O)c2ccc(OCC(F)(F)F)cc2C(F)(F)F)C[C@H]1C(=O)O. The molecule has 186 valence electrons. The number of carboxylic acid groups (broad SMARTS) is 1. The van der Waals surface area contributed by atoms with Crippen LogP contribution in [-0.4, -0.2) is 60.9 Å². The standard InChI is InChI=1S/C19H21F6NO6S/c1-17(2,3)16(29)26-8-11(7-13(26)15(27)28)33(30,31)14-5-4-10(32-9-18(20,21)22)6-12(14)19(23,24)25/h4-6,11,13H,7-9H2,1-3H3,(H,27,28)/t11-,13+/m1/s1. The van der Waals surface area contributed by atoms with E-state index in [2.05, 4.69) is 4.74 Å². The van der Waals surface area contributed by atoms with Gasteiger partial charge in [-0.2, -0.15) is 26.3 Å². The molecule has 0 unspecified atom stereocenters. The summed E-state index contributed by atoms with van der Waals surface area (Å²) in [6.07, 6.45) is -10.8. The van der Waals surface area contributed by atoms with E-state index in [1.165, 1.54) is 20.8 Å². The Morgan fingerprint density at radius 1 is 1.12 bits per heavy atom. The van der Waals surface area contributed by atoms with Crippen molar-refractivity contribution in [3.05, 3.63) is 23.8 Å². The van der Waals surface area contributed by atoms with E-state index in [0.29, 0.717) is 12.1 Å². The van der Waals surface area contributed by atoms with E-state index < -0.39 is 86.6 Å². The zero-order chi connectivity index (χ0) is 25.6. The lowest BCUT2D eigenvalue weighted by Gasteiger charge is -2.28. The van der Waals surface area contributed by atoms with Gasteiger partial charge >= 0.3 is 18.3 Å². The van der Waals surface area contributed by atoms with Gasteiger partial charge in [0.05, 0.1) is 15.7 Å². The molecule has 1 amide bonds. The molecule has 1 heterocycles. The highest BCUT2D eigenvalue weighted by molar-refractivity contribution is 7.92. The van der Waals surface area contributed by atoms with E-state index in [-0.39, 0.29) is 6.07 Å². The van der Waals surface area contributed by atoms with Crippen LogP contribution in [0.3, 0.4) is 0 Å². The topological polar surface area (TPSA) is 101 Å². The molecule has 1 saturated heterocycles. The van der Waals surface area contributed by atoms with Crippen LogP contribution in [-0.2, 0) is 25.6 Å². The van der Waals surface area contributed by atoms with Crippen molar-refractivity contribution < 1.29 is 54.2 Å². The zero-order valence-electron chi connectivity index (χ0n) is 17.6. The number of nitrogens with zero attached hydrogens (tertiary/aromatic N) is 1. The van der Waals surface area contributed by atoms with Gasteiger partial charge in [0, 0.05) is 12.0 Å². The number of carboxylic acids is 1. The maximum absolute atomic E-state index is 13.6. The predicted octanol–water partition coefficient (Wildman–Crippen LogP) is 3.52. The second-order valence-electron chi connectivity index (χ2n) is 8.52. The molecule has 1 fully saturated rings. The van der Waals surface area contributed by atoms with Gasteiger partial charge in [0.1, 0.15) is 11.8 Å². The molecule has 1 N–H and O–H groups in total. The Morgan fingerprint density at radius 2 is 1.70 bits per heavy atom. The number of ether oxygens (including phenoxy) is 1. The summed E-state index contributed by atoms with van der Waals surface area (Å²) in [5.41, 5.74) is -2.84. The Bertz CT molecular complexity index is 1030. The van der Waals surface area contributed by atoms with Crippen molar-refractivity contribution in [2.75, 3.05) is 13.2 Å². The van der Waals surface area contributed by atoms with Crippen molar-refractivity contribution in [3.8, 4) is 5.75 Å². The fourth-order valence-electron chi connectivity index (χ4n) is 3.32. The van der Waals surface area contributed by atoms with Gasteiger partial charge in [-0.25, -0.2) is 13.2 Å².